The van der Waals surface area contributed by atoms with E-state index in [1.165, 1.54) is 11.1 Å². The maximum Gasteiger partial charge on any atom is 0 e. The van der Waals surface area contributed by atoms with Crippen LogP contribution in [0, 0.1) is 11.5 Å². The molecule has 3 heteroatoms. The Balaban J connectivity index is -0.000000333. The molecule has 0 atom stereocenters. The summed E-state index contributed by atoms with van der Waals surface area (Å²) in [4.78, 5) is 0. The summed E-state index contributed by atoms with van der Waals surface area (Å²) in [6, 6.07) is 0. The zero-order valence-corrected chi connectivity index (χ0v) is 12.7. The molecule has 1 aliphatic rings. The van der Waals surface area contributed by atoms with Crippen molar-refractivity contribution in [3.8, 4) is 0 Å². The fourth-order valence-electron chi connectivity index (χ4n) is 1.40. The molecule has 0 radical (unpaired) electrons. The van der Waals surface area contributed by atoms with Crippen LogP contribution in [0.4, 0.5) is 0 Å². The molecule has 0 aromatic carbocycles. The van der Waals surface area contributed by atoms with Gasteiger partial charge in [0.25, 0.3) is 0 Å². The van der Waals surface area contributed by atoms with Gasteiger partial charge < -0.3 is 0 Å². The topological polar surface area (TPSA) is 0 Å². The van der Waals surface area contributed by atoms with Gasteiger partial charge in [-0.2, -0.15) is 6.08 Å². The van der Waals surface area contributed by atoms with E-state index in [0.717, 1.165) is 6.42 Å². The number of hydrogen-bond donors (Lipinski definition) is 0. The predicted molar refractivity (Wildman–Crippen MR) is 59.1 cm³/mol. The Hall–Kier alpha value is 0.943. The Morgan fingerprint density at radius 3 is 1.85 bits per heavy atom. The van der Waals surface area contributed by atoms with Crippen LogP contribution in [0.3, 0.4) is 0 Å². The van der Waals surface area contributed by atoms with Gasteiger partial charge in [-0.1, -0.05) is 20.8 Å². The monoisotopic (exact) mass is 297 g/mol. The minimum absolute atomic E-state index is 0. The van der Waals surface area contributed by atoms with E-state index in [1.54, 1.807) is 0 Å². The number of hydrogen-bond acceptors (Lipinski definition) is 0. The van der Waals surface area contributed by atoms with E-state index in [0.29, 0.717) is 0 Å². The summed E-state index contributed by atoms with van der Waals surface area (Å²) in [6.07, 6.45) is 6.62. The average Bonchev–Trinajstić information content (AvgIpc) is 2.11. The van der Waals surface area contributed by atoms with Gasteiger partial charge in [0.15, 0.2) is 0 Å². The molecule has 1 rings (SSSR count). The van der Waals surface area contributed by atoms with Crippen LogP contribution in [-0.2, 0) is 26.2 Å². The number of rotatable bonds is 0. The van der Waals surface area contributed by atoms with E-state index >= 15 is 0 Å². The van der Waals surface area contributed by atoms with E-state index < -0.39 is 0 Å². The number of halogens is 2. The Bertz CT molecular complexity index is 199. The van der Waals surface area contributed by atoms with Crippen LogP contribution in [0.15, 0.2) is 17.2 Å². The molecule has 0 N–H and O–H groups in total. The quantitative estimate of drug-likeness (QED) is 0.594. The third-order valence-corrected chi connectivity index (χ3v) is 1.83. The van der Waals surface area contributed by atoms with E-state index in [4.69, 9.17) is 0 Å². The minimum atomic E-state index is 0. The zero-order chi connectivity index (χ0) is 7.78. The SMILES string of the molecule is CC1=CC[C-]=C1C(C)(C)C.Cl.Cl.[Zr]. The molecule has 0 bridgehead atoms. The van der Waals surface area contributed by atoms with Crippen LogP contribution in [0.1, 0.15) is 34.1 Å². The maximum atomic E-state index is 3.37. The van der Waals surface area contributed by atoms with Crippen LogP contribution in [-0.4, -0.2) is 0 Å². The van der Waals surface area contributed by atoms with Crippen molar-refractivity contribution in [1.29, 1.82) is 0 Å². The second-order valence-corrected chi connectivity index (χ2v) is 3.89. The zero-order valence-electron chi connectivity index (χ0n) is 8.60. The molecule has 0 heterocycles. The molecular weight excluding hydrogens is 282 g/mol. The second-order valence-electron chi connectivity index (χ2n) is 3.89. The molecule has 0 spiro atoms. The molecule has 0 saturated heterocycles. The summed E-state index contributed by atoms with van der Waals surface area (Å²) in [5, 5.41) is 0. The molecule has 1 aliphatic carbocycles. The third kappa shape index (κ3) is 5.40. The fraction of sp³-hybridized carbons (Fsp3) is 0.600. The van der Waals surface area contributed by atoms with Gasteiger partial charge in [0.2, 0.25) is 0 Å². The molecular formula is C10H17Cl2Zr-. The van der Waals surface area contributed by atoms with E-state index in [9.17, 15) is 0 Å². The molecule has 0 nitrogen and oxygen atoms in total. The largest absolute Gasteiger partial charge is 0.269 e. The fourth-order valence-corrected chi connectivity index (χ4v) is 1.40. The van der Waals surface area contributed by atoms with Gasteiger partial charge in [0.1, 0.15) is 0 Å². The van der Waals surface area contributed by atoms with Crippen LogP contribution in [0.2, 0.25) is 0 Å². The van der Waals surface area contributed by atoms with Gasteiger partial charge in [-0.05, 0) is 5.41 Å². The summed E-state index contributed by atoms with van der Waals surface area (Å²) in [5.41, 5.74) is 3.09. The maximum absolute atomic E-state index is 3.37. The van der Waals surface area contributed by atoms with Gasteiger partial charge in [-0.15, -0.1) is 38.2 Å². The molecule has 0 amide bonds. The normalized spacial score (nSPS) is 14.5. The van der Waals surface area contributed by atoms with E-state index in [1.807, 2.05) is 0 Å². The van der Waals surface area contributed by atoms with Crippen molar-refractivity contribution in [2.45, 2.75) is 34.1 Å². The molecule has 0 aromatic heterocycles. The van der Waals surface area contributed by atoms with Crippen molar-refractivity contribution in [2.24, 2.45) is 5.41 Å². The van der Waals surface area contributed by atoms with Crippen LogP contribution >= 0.6 is 24.8 Å². The number of allylic oxidation sites excluding steroid dienone is 4. The Labute approximate surface area is 113 Å². The third-order valence-electron chi connectivity index (χ3n) is 1.83. The first-order chi connectivity index (χ1) is 4.52. The van der Waals surface area contributed by atoms with Crippen molar-refractivity contribution in [2.75, 3.05) is 0 Å². The summed E-state index contributed by atoms with van der Waals surface area (Å²) >= 11 is 0. The Morgan fingerprint density at radius 1 is 1.23 bits per heavy atom. The van der Waals surface area contributed by atoms with E-state index in [-0.39, 0.29) is 56.4 Å². The van der Waals surface area contributed by atoms with Crippen LogP contribution in [0.5, 0.6) is 0 Å². The first kappa shape index (κ1) is 19.5. The van der Waals surface area contributed by atoms with Gasteiger partial charge in [-0.3, -0.25) is 6.08 Å². The van der Waals surface area contributed by atoms with E-state index in [2.05, 4.69) is 39.8 Å². The van der Waals surface area contributed by atoms with Gasteiger partial charge in [0.05, 0.1) is 0 Å². The summed E-state index contributed by atoms with van der Waals surface area (Å²) in [6.45, 7) is 8.87. The Morgan fingerprint density at radius 2 is 1.69 bits per heavy atom. The van der Waals surface area contributed by atoms with Crippen molar-refractivity contribution >= 4 is 24.8 Å². The van der Waals surface area contributed by atoms with Crippen molar-refractivity contribution < 1.29 is 26.2 Å². The van der Waals surface area contributed by atoms with Gasteiger partial charge in [-0.25, -0.2) is 11.1 Å². The van der Waals surface area contributed by atoms with Crippen molar-refractivity contribution in [1.82, 2.24) is 0 Å². The smallest absolute Gasteiger partial charge is 0 e. The standard InChI is InChI=1S/C10H15.2ClH.Zr/c1-8-6-5-7-9(8)10(2,3)4;;;/h6H,5H2,1-4H3;2*1H;/q-1;;;. The Kier molecular flexibility index (Phi) is 10.9. The molecule has 0 aliphatic heterocycles. The van der Waals surface area contributed by atoms with Crippen molar-refractivity contribution in [3.05, 3.63) is 23.3 Å². The average molecular weight is 299 g/mol. The summed E-state index contributed by atoms with van der Waals surface area (Å²) in [7, 11) is 0. The molecule has 0 aromatic rings. The summed E-state index contributed by atoms with van der Waals surface area (Å²) < 4.78 is 0. The van der Waals surface area contributed by atoms with Gasteiger partial charge in [0, 0.05) is 26.2 Å². The molecule has 0 fully saturated rings. The summed E-state index contributed by atoms with van der Waals surface area (Å²) in [5.74, 6) is 0. The second kappa shape index (κ2) is 7.26. The molecule has 0 unspecified atom stereocenters. The van der Waals surface area contributed by atoms with Gasteiger partial charge >= 0.3 is 0 Å². The van der Waals surface area contributed by atoms with Crippen LogP contribution in [0.25, 0.3) is 0 Å². The minimum Gasteiger partial charge on any atom is -0.269 e. The van der Waals surface area contributed by atoms with Crippen LogP contribution < -0.4 is 0 Å². The predicted octanol–water partition coefficient (Wildman–Crippen LogP) is 3.95. The molecule has 13 heavy (non-hydrogen) atoms. The molecule has 76 valence electrons. The molecule has 0 saturated carbocycles. The first-order valence-electron chi connectivity index (χ1n) is 3.80. The van der Waals surface area contributed by atoms with Crippen molar-refractivity contribution in [3.63, 3.8) is 0 Å². The first-order valence-corrected chi connectivity index (χ1v) is 3.80.